The number of aryl methyl sites for hydroxylation is 1. The Morgan fingerprint density at radius 3 is 2.70 bits per heavy atom. The van der Waals surface area contributed by atoms with Gasteiger partial charge in [0.25, 0.3) is 5.56 Å². The first kappa shape index (κ1) is 18.7. The SMILES string of the molecule is Cn1nnnc1SCC(=O)NCCn1nc(-c2ccc(F)cc2)ccc1=O. The van der Waals surface area contributed by atoms with Gasteiger partial charge in [-0.15, -0.1) is 5.10 Å². The number of nitrogens with zero attached hydrogens (tertiary/aromatic N) is 6. The molecule has 0 bridgehead atoms. The van der Waals surface area contributed by atoms with E-state index in [-0.39, 0.29) is 36.1 Å². The summed E-state index contributed by atoms with van der Waals surface area (Å²) in [6.07, 6.45) is 0. The number of hydrogen-bond donors (Lipinski definition) is 1. The van der Waals surface area contributed by atoms with E-state index in [2.05, 4.69) is 25.9 Å². The molecule has 1 aromatic carbocycles. The van der Waals surface area contributed by atoms with Crippen molar-refractivity contribution < 1.29 is 9.18 Å². The molecule has 27 heavy (non-hydrogen) atoms. The van der Waals surface area contributed by atoms with Crippen molar-refractivity contribution in [1.29, 1.82) is 0 Å². The lowest BCUT2D eigenvalue weighted by Crippen LogP contribution is -2.32. The minimum atomic E-state index is -0.343. The van der Waals surface area contributed by atoms with Gasteiger partial charge >= 0.3 is 0 Å². The molecule has 0 saturated heterocycles. The molecule has 2 heterocycles. The molecular weight excluding hydrogens is 373 g/mol. The van der Waals surface area contributed by atoms with Crippen LogP contribution in [0.4, 0.5) is 4.39 Å². The van der Waals surface area contributed by atoms with Crippen molar-refractivity contribution in [1.82, 2.24) is 35.3 Å². The molecule has 0 aliphatic heterocycles. The minimum Gasteiger partial charge on any atom is -0.354 e. The Hall–Kier alpha value is -3.08. The maximum Gasteiger partial charge on any atom is 0.266 e. The molecule has 1 N–H and O–H groups in total. The summed E-state index contributed by atoms with van der Waals surface area (Å²) in [6.45, 7) is 0.464. The predicted octanol–water partition coefficient (Wildman–Crippen LogP) is 0.481. The standard InChI is InChI=1S/C16H16FN7O2S/c1-23-16(19-21-22-23)27-10-14(25)18-8-9-24-15(26)7-6-13(20-24)11-2-4-12(17)5-3-11/h2-7H,8-10H2,1H3,(H,18,25). The quantitative estimate of drug-likeness (QED) is 0.586. The zero-order valence-electron chi connectivity index (χ0n) is 14.4. The summed E-state index contributed by atoms with van der Waals surface area (Å²) in [5.41, 5.74) is 0.962. The highest BCUT2D eigenvalue weighted by atomic mass is 32.2. The first-order valence-electron chi connectivity index (χ1n) is 7.99. The normalized spacial score (nSPS) is 10.7. The van der Waals surface area contributed by atoms with Crippen molar-refractivity contribution in [2.24, 2.45) is 7.05 Å². The van der Waals surface area contributed by atoms with Gasteiger partial charge < -0.3 is 5.32 Å². The molecule has 0 spiro atoms. The van der Waals surface area contributed by atoms with Crippen molar-refractivity contribution in [3.05, 3.63) is 52.6 Å². The fraction of sp³-hybridized carbons (Fsp3) is 0.250. The number of rotatable bonds is 7. The average molecular weight is 389 g/mol. The van der Waals surface area contributed by atoms with Crippen LogP contribution in [0, 0.1) is 5.82 Å². The van der Waals surface area contributed by atoms with Gasteiger partial charge in [-0.1, -0.05) is 11.8 Å². The smallest absolute Gasteiger partial charge is 0.266 e. The van der Waals surface area contributed by atoms with Crippen LogP contribution < -0.4 is 10.9 Å². The highest BCUT2D eigenvalue weighted by molar-refractivity contribution is 7.99. The molecule has 0 aliphatic carbocycles. The maximum atomic E-state index is 13.0. The zero-order chi connectivity index (χ0) is 19.2. The Morgan fingerprint density at radius 1 is 1.22 bits per heavy atom. The monoisotopic (exact) mass is 389 g/mol. The van der Waals surface area contributed by atoms with E-state index in [4.69, 9.17) is 0 Å². The molecule has 0 saturated carbocycles. The van der Waals surface area contributed by atoms with E-state index in [1.54, 1.807) is 25.2 Å². The Morgan fingerprint density at radius 2 is 2.00 bits per heavy atom. The molecule has 0 atom stereocenters. The number of benzene rings is 1. The third kappa shape index (κ3) is 4.97. The number of amides is 1. The van der Waals surface area contributed by atoms with Gasteiger partial charge in [-0.25, -0.2) is 13.8 Å². The van der Waals surface area contributed by atoms with Gasteiger partial charge in [-0.05, 0) is 40.8 Å². The van der Waals surface area contributed by atoms with Crippen LogP contribution in [0.25, 0.3) is 11.3 Å². The largest absolute Gasteiger partial charge is 0.354 e. The van der Waals surface area contributed by atoms with E-state index < -0.39 is 0 Å². The van der Waals surface area contributed by atoms with Gasteiger partial charge in [-0.2, -0.15) is 5.10 Å². The Labute approximate surface area is 157 Å². The van der Waals surface area contributed by atoms with Gasteiger partial charge in [0.15, 0.2) is 0 Å². The molecule has 3 aromatic rings. The van der Waals surface area contributed by atoms with Crippen molar-refractivity contribution in [2.75, 3.05) is 12.3 Å². The van der Waals surface area contributed by atoms with Crippen LogP contribution in [0.3, 0.4) is 0 Å². The number of nitrogens with one attached hydrogen (secondary N) is 1. The fourth-order valence-corrected chi connectivity index (χ4v) is 2.89. The van der Waals surface area contributed by atoms with E-state index in [1.807, 2.05) is 0 Å². The van der Waals surface area contributed by atoms with Gasteiger partial charge in [0.05, 0.1) is 18.0 Å². The molecule has 9 nitrogen and oxygen atoms in total. The second-order valence-corrected chi connectivity index (χ2v) is 6.45. The van der Waals surface area contributed by atoms with Crippen molar-refractivity contribution in [3.8, 4) is 11.3 Å². The Bertz CT molecular complexity index is 987. The number of thioether (sulfide) groups is 1. The summed E-state index contributed by atoms with van der Waals surface area (Å²) < 4.78 is 15.8. The summed E-state index contributed by atoms with van der Waals surface area (Å²) in [5, 5.41) is 18.5. The lowest BCUT2D eigenvalue weighted by molar-refractivity contribution is -0.118. The van der Waals surface area contributed by atoms with Gasteiger partial charge in [-0.3, -0.25) is 9.59 Å². The van der Waals surface area contributed by atoms with E-state index >= 15 is 0 Å². The Kier molecular flexibility index (Phi) is 5.91. The first-order chi connectivity index (χ1) is 13.0. The first-order valence-corrected chi connectivity index (χ1v) is 8.97. The molecular formula is C16H16FN7O2S. The second-order valence-electron chi connectivity index (χ2n) is 5.51. The van der Waals surface area contributed by atoms with Crippen molar-refractivity contribution in [3.63, 3.8) is 0 Å². The van der Waals surface area contributed by atoms with E-state index in [9.17, 15) is 14.0 Å². The van der Waals surface area contributed by atoms with Crippen LogP contribution in [0.1, 0.15) is 0 Å². The minimum absolute atomic E-state index is 0.159. The number of carbonyl (C=O) groups is 1. The molecule has 3 rings (SSSR count). The third-order valence-electron chi connectivity index (χ3n) is 3.57. The summed E-state index contributed by atoms with van der Waals surface area (Å²) in [7, 11) is 1.69. The van der Waals surface area contributed by atoms with Crippen molar-refractivity contribution in [2.45, 2.75) is 11.7 Å². The van der Waals surface area contributed by atoms with Gasteiger partial charge in [0, 0.05) is 25.2 Å². The molecule has 1 amide bonds. The number of aromatic nitrogens is 6. The maximum absolute atomic E-state index is 13.0. The highest BCUT2D eigenvalue weighted by Gasteiger charge is 2.08. The molecule has 0 fully saturated rings. The Balaban J connectivity index is 1.55. The third-order valence-corrected chi connectivity index (χ3v) is 4.58. The molecule has 0 unspecified atom stereocenters. The van der Waals surface area contributed by atoms with Crippen LogP contribution >= 0.6 is 11.8 Å². The lowest BCUT2D eigenvalue weighted by atomic mass is 10.1. The number of tetrazole rings is 1. The van der Waals surface area contributed by atoms with Crippen LogP contribution in [0.2, 0.25) is 0 Å². The van der Waals surface area contributed by atoms with Crippen molar-refractivity contribution >= 4 is 17.7 Å². The second kappa shape index (κ2) is 8.54. The molecule has 140 valence electrons. The van der Waals surface area contributed by atoms with E-state index in [0.717, 1.165) is 0 Å². The van der Waals surface area contributed by atoms with Gasteiger partial charge in [0.2, 0.25) is 11.1 Å². The molecule has 2 aromatic heterocycles. The number of hydrogen-bond acceptors (Lipinski definition) is 7. The van der Waals surface area contributed by atoms with Crippen LogP contribution in [0.15, 0.2) is 46.3 Å². The lowest BCUT2D eigenvalue weighted by Gasteiger charge is -2.08. The fourth-order valence-electron chi connectivity index (χ4n) is 2.21. The average Bonchev–Trinajstić information content (AvgIpc) is 3.07. The molecule has 0 aliphatic rings. The molecule has 0 radical (unpaired) electrons. The number of carbonyl (C=O) groups excluding carboxylic acids is 1. The highest BCUT2D eigenvalue weighted by Crippen LogP contribution is 2.15. The van der Waals surface area contributed by atoms with E-state index in [0.29, 0.717) is 16.4 Å². The van der Waals surface area contributed by atoms with Crippen LogP contribution in [0.5, 0.6) is 0 Å². The zero-order valence-corrected chi connectivity index (χ0v) is 15.2. The topological polar surface area (TPSA) is 108 Å². The van der Waals surface area contributed by atoms with Gasteiger partial charge in [0.1, 0.15) is 5.82 Å². The summed E-state index contributed by atoms with van der Waals surface area (Å²) in [5.74, 6) is -0.387. The van der Waals surface area contributed by atoms with Crippen LogP contribution in [-0.2, 0) is 18.4 Å². The molecule has 11 heteroatoms. The number of halogens is 1. The summed E-state index contributed by atoms with van der Waals surface area (Å²) >= 11 is 1.21. The summed E-state index contributed by atoms with van der Waals surface area (Å²) in [4.78, 5) is 23.8. The van der Waals surface area contributed by atoms with E-state index in [1.165, 1.54) is 39.3 Å². The summed E-state index contributed by atoms with van der Waals surface area (Å²) in [6, 6.07) is 8.81. The van der Waals surface area contributed by atoms with Crippen LogP contribution in [-0.4, -0.2) is 48.2 Å². The predicted molar refractivity (Wildman–Crippen MR) is 96.4 cm³/mol.